The molecular weight excluding hydrogens is 454 g/mol. The molecule has 0 spiro atoms. The van der Waals surface area contributed by atoms with E-state index in [1.807, 2.05) is 42.5 Å². The zero-order valence-electron chi connectivity index (χ0n) is 15.4. The van der Waals surface area contributed by atoms with Gasteiger partial charge in [-0.25, -0.2) is 12.2 Å². The number of rotatable bonds is 2. The van der Waals surface area contributed by atoms with Crippen molar-refractivity contribution in [2.45, 2.75) is 6.42 Å². The number of halogens is 2. The maximum atomic E-state index is 2.99. The van der Waals surface area contributed by atoms with Crippen LogP contribution >= 0.6 is 9.24 Å². The first-order chi connectivity index (χ1) is 12.8. The zero-order chi connectivity index (χ0) is 18.5. The summed E-state index contributed by atoms with van der Waals surface area (Å²) in [5, 5.41) is 4.19. The van der Waals surface area contributed by atoms with Crippen molar-refractivity contribution in [3.8, 4) is 0 Å². The Morgan fingerprint density at radius 1 is 0.714 bits per heavy atom. The summed E-state index contributed by atoms with van der Waals surface area (Å²) < 4.78 is 0. The van der Waals surface area contributed by atoms with Crippen LogP contribution in [0.4, 0.5) is 0 Å². The number of hydrogen-bond acceptors (Lipinski definition) is 0. The predicted octanol–water partition coefficient (Wildman–Crippen LogP) is -2.16. The zero-order valence-corrected chi connectivity index (χ0v) is 20.7. The van der Waals surface area contributed by atoms with Gasteiger partial charge in [-0.1, -0.05) is 30.3 Å². The van der Waals surface area contributed by atoms with E-state index in [0.717, 1.165) is 6.42 Å². The van der Waals surface area contributed by atoms with Gasteiger partial charge in [-0.3, -0.25) is 6.08 Å². The van der Waals surface area contributed by atoms with Crippen LogP contribution in [0.5, 0.6) is 0 Å². The van der Waals surface area contributed by atoms with Crippen LogP contribution in [-0.4, -0.2) is 6.19 Å². The second-order valence-electron chi connectivity index (χ2n) is 5.52. The molecule has 28 heavy (non-hydrogen) atoms. The monoisotopic (exact) mass is 475 g/mol. The molecule has 5 heteroatoms. The van der Waals surface area contributed by atoms with E-state index >= 15 is 0 Å². The van der Waals surface area contributed by atoms with E-state index in [2.05, 4.69) is 101 Å². The first kappa shape index (κ1) is 27.1. The average molecular weight is 476 g/mol. The first-order valence-electron chi connectivity index (χ1n) is 8.49. The van der Waals surface area contributed by atoms with Gasteiger partial charge in [-0.2, -0.15) is 6.08 Å². The summed E-state index contributed by atoms with van der Waals surface area (Å²) in [6.07, 6.45) is 9.46. The van der Waals surface area contributed by atoms with Crippen molar-refractivity contribution >= 4 is 31.1 Å². The summed E-state index contributed by atoms with van der Waals surface area (Å²) in [6.45, 7) is 0. The van der Waals surface area contributed by atoms with Crippen LogP contribution in [0.3, 0.4) is 0 Å². The molecule has 0 saturated heterocycles. The van der Waals surface area contributed by atoms with Crippen LogP contribution in [-0.2, 0) is 19.2 Å². The van der Waals surface area contributed by atoms with Crippen LogP contribution < -0.4 is 40.5 Å². The average Bonchev–Trinajstić information content (AvgIpc) is 3.30. The van der Waals surface area contributed by atoms with Gasteiger partial charge < -0.3 is 24.8 Å². The quantitative estimate of drug-likeness (QED) is 0.225. The molecule has 0 radical (unpaired) electrons. The van der Waals surface area contributed by atoms with Gasteiger partial charge in [0.25, 0.3) is 0 Å². The molecule has 0 aliphatic heterocycles. The third-order valence-electron chi connectivity index (χ3n) is 3.51. The molecule has 0 nitrogen and oxygen atoms in total. The Bertz CT molecular complexity index is 787. The van der Waals surface area contributed by atoms with E-state index in [4.69, 9.17) is 0 Å². The molecule has 0 bridgehead atoms. The summed E-state index contributed by atoms with van der Waals surface area (Å²) in [6, 6.07) is 31.6. The van der Waals surface area contributed by atoms with E-state index in [1.54, 1.807) is 0 Å². The molecule has 3 aromatic carbocycles. The summed E-state index contributed by atoms with van der Waals surface area (Å²) >= 11 is 2.34. The molecule has 3 aromatic rings. The molecule has 4 rings (SSSR count). The Hall–Kier alpha value is -0.919. The third-order valence-corrected chi connectivity index (χ3v) is 8.42. The van der Waals surface area contributed by atoms with Gasteiger partial charge in [-0.15, -0.1) is 15.7 Å². The number of hydrogen-bond donors (Lipinski definition) is 0. The molecular formula is C23H22Cl2PSiTi-. The second kappa shape index (κ2) is 17.0. The fourth-order valence-corrected chi connectivity index (χ4v) is 5.34. The number of allylic oxidation sites excluding steroid dienone is 4. The van der Waals surface area contributed by atoms with Crippen molar-refractivity contribution in [1.29, 1.82) is 0 Å². The van der Waals surface area contributed by atoms with Crippen molar-refractivity contribution in [1.82, 2.24) is 0 Å². The minimum absolute atomic E-state index is 0. The van der Waals surface area contributed by atoms with E-state index < -0.39 is 6.19 Å². The van der Waals surface area contributed by atoms with E-state index in [1.165, 1.54) is 15.7 Å². The van der Waals surface area contributed by atoms with Gasteiger partial charge >= 0.3 is 96.4 Å². The molecule has 0 amide bonds. The second-order valence-corrected chi connectivity index (χ2v) is 10.4. The summed E-state index contributed by atoms with van der Waals surface area (Å²) in [5.41, 5.74) is 0. The minimum atomic E-state index is -0.545. The normalized spacial score (nSPS) is 10.2. The summed E-state index contributed by atoms with van der Waals surface area (Å²) in [7, 11) is 2.63. The Balaban J connectivity index is 0.000000438. The molecule has 1 aliphatic carbocycles. The fraction of sp³-hybridized carbons (Fsp3) is 0.0435. The Kier molecular flexibility index (Phi) is 16.4. The van der Waals surface area contributed by atoms with E-state index in [0.29, 0.717) is 0 Å². The summed E-state index contributed by atoms with van der Waals surface area (Å²) in [4.78, 5) is 0. The Morgan fingerprint density at radius 3 is 1.39 bits per heavy atom. The SMILES string of the molecule is Pc1ccccc1.[C-]1=CC=CC1.[Cl-].[Cl-].[Ti+2]=[Si](c1ccccc1)c1ccccc1. The number of benzene rings is 3. The van der Waals surface area contributed by atoms with Gasteiger partial charge in [0.05, 0.1) is 0 Å². The predicted molar refractivity (Wildman–Crippen MR) is 115 cm³/mol. The Morgan fingerprint density at radius 2 is 1.14 bits per heavy atom. The maximum absolute atomic E-state index is 2.99. The molecule has 0 aromatic heterocycles. The van der Waals surface area contributed by atoms with Crippen molar-refractivity contribution < 1.29 is 44.0 Å². The van der Waals surface area contributed by atoms with Gasteiger partial charge in [0.15, 0.2) is 0 Å². The topological polar surface area (TPSA) is 0 Å². The van der Waals surface area contributed by atoms with E-state index in [-0.39, 0.29) is 24.8 Å². The Labute approximate surface area is 195 Å². The molecule has 142 valence electrons. The van der Waals surface area contributed by atoms with Gasteiger partial charge in [0.1, 0.15) is 0 Å². The molecule has 0 N–H and O–H groups in total. The van der Waals surface area contributed by atoms with Crippen molar-refractivity contribution in [3.05, 3.63) is 115 Å². The van der Waals surface area contributed by atoms with Crippen LogP contribution in [0.25, 0.3) is 0 Å². The first-order valence-corrected chi connectivity index (χ1v) is 12.9. The fourth-order valence-electron chi connectivity index (χ4n) is 2.17. The molecule has 1 aliphatic rings. The molecule has 0 fully saturated rings. The van der Waals surface area contributed by atoms with Crippen LogP contribution in [0.2, 0.25) is 0 Å². The van der Waals surface area contributed by atoms with Crippen molar-refractivity contribution in [3.63, 3.8) is 0 Å². The molecule has 1 atom stereocenters. The van der Waals surface area contributed by atoms with Gasteiger partial charge in [-0.05, 0) is 5.30 Å². The van der Waals surface area contributed by atoms with Gasteiger partial charge in [0.2, 0.25) is 0 Å². The molecule has 0 heterocycles. The van der Waals surface area contributed by atoms with E-state index in [9.17, 15) is 0 Å². The van der Waals surface area contributed by atoms with Crippen molar-refractivity contribution in [2.24, 2.45) is 0 Å². The van der Waals surface area contributed by atoms with Crippen LogP contribution in [0.1, 0.15) is 6.42 Å². The van der Waals surface area contributed by atoms with Crippen molar-refractivity contribution in [2.75, 3.05) is 0 Å². The standard InChI is InChI=1S/C12H10Si.C6H7P.C5H5.2ClH.Ti/c1-3-7-11(8-4-1)13-12-9-5-2-6-10-12;7-6-4-2-1-3-5-6;1-2-4-5-3-1;;;/h1-10H;1-5H,7H2;1-3H,4H2;2*1H;/q;;-1;;;+2/p-2. The van der Waals surface area contributed by atoms with Crippen LogP contribution in [0.15, 0.2) is 109 Å². The molecule has 0 saturated carbocycles. The molecule has 1 unspecified atom stereocenters. The third kappa shape index (κ3) is 11.2. The van der Waals surface area contributed by atoms with Crippen LogP contribution in [0, 0.1) is 6.08 Å². The summed E-state index contributed by atoms with van der Waals surface area (Å²) in [5.74, 6) is 0. The van der Waals surface area contributed by atoms with Gasteiger partial charge in [0, 0.05) is 0 Å².